The van der Waals surface area contributed by atoms with Crippen molar-refractivity contribution in [2.45, 2.75) is 23.5 Å². The molecule has 0 atom stereocenters. The van der Waals surface area contributed by atoms with Gasteiger partial charge in [-0.05, 0) is 43.6 Å². The molecule has 0 fully saturated rings. The van der Waals surface area contributed by atoms with Crippen LogP contribution in [0, 0.1) is 0 Å². The van der Waals surface area contributed by atoms with E-state index in [1.165, 1.54) is 11.8 Å². The van der Waals surface area contributed by atoms with Gasteiger partial charge in [0, 0.05) is 9.92 Å². The van der Waals surface area contributed by atoms with Crippen LogP contribution in [0.2, 0.25) is 5.02 Å². The van der Waals surface area contributed by atoms with Crippen LogP contribution < -0.4 is 0 Å². The summed E-state index contributed by atoms with van der Waals surface area (Å²) in [6.45, 7) is 3.57. The maximum Gasteiger partial charge on any atom is 0.237 e. The summed E-state index contributed by atoms with van der Waals surface area (Å²) in [5.41, 5.74) is 0. The summed E-state index contributed by atoms with van der Waals surface area (Å²) in [6, 6.07) is 7.35. The van der Waals surface area contributed by atoms with Gasteiger partial charge in [-0.2, -0.15) is 0 Å². The van der Waals surface area contributed by atoms with Gasteiger partial charge in [-0.3, -0.25) is 4.79 Å². The van der Waals surface area contributed by atoms with E-state index in [2.05, 4.69) is 0 Å². The molecule has 0 aromatic heterocycles. The molecule has 0 aliphatic carbocycles. The van der Waals surface area contributed by atoms with Crippen molar-refractivity contribution >= 4 is 40.2 Å². The minimum absolute atomic E-state index is 0.359. The van der Waals surface area contributed by atoms with Gasteiger partial charge in [0.25, 0.3) is 0 Å². The highest BCUT2D eigenvalue weighted by Gasteiger charge is 2.27. The second-order valence-corrected chi connectivity index (χ2v) is 5.82. The number of carbonyl (C=O) groups is 1. The number of rotatable bonds is 3. The highest BCUT2D eigenvalue weighted by molar-refractivity contribution is 8.01. The molecule has 0 aliphatic heterocycles. The molecule has 0 aliphatic rings. The van der Waals surface area contributed by atoms with Crippen LogP contribution in [0.5, 0.6) is 0 Å². The first-order valence-corrected chi connectivity index (χ1v) is 5.63. The molecule has 76 valence electrons. The fourth-order valence-corrected chi connectivity index (χ4v) is 2.24. The van der Waals surface area contributed by atoms with Gasteiger partial charge in [-0.15, -0.1) is 11.8 Å². The van der Waals surface area contributed by atoms with E-state index in [0.717, 1.165) is 4.90 Å². The number of hydrogen-bond acceptors (Lipinski definition) is 2. The van der Waals surface area contributed by atoms with Gasteiger partial charge in [-0.25, -0.2) is 0 Å². The molecule has 0 amide bonds. The molecule has 1 rings (SSSR count). The Balaban J connectivity index is 2.83. The van der Waals surface area contributed by atoms with Crippen LogP contribution >= 0.6 is 35.0 Å². The van der Waals surface area contributed by atoms with Crippen LogP contribution in [0.3, 0.4) is 0 Å². The number of thioether (sulfide) groups is 1. The van der Waals surface area contributed by atoms with E-state index < -0.39 is 4.75 Å². The zero-order valence-corrected chi connectivity index (χ0v) is 10.2. The van der Waals surface area contributed by atoms with E-state index in [4.69, 9.17) is 23.2 Å². The summed E-state index contributed by atoms with van der Waals surface area (Å²) in [7, 11) is 0. The lowest BCUT2D eigenvalue weighted by Gasteiger charge is -2.18. The van der Waals surface area contributed by atoms with Crippen molar-refractivity contribution in [2.75, 3.05) is 0 Å². The van der Waals surface area contributed by atoms with Gasteiger partial charge >= 0.3 is 0 Å². The Morgan fingerprint density at radius 2 is 2.07 bits per heavy atom. The Kier molecular flexibility index (Phi) is 3.87. The molecule has 0 N–H and O–H groups in total. The molecule has 0 saturated heterocycles. The molecule has 0 unspecified atom stereocenters. The summed E-state index contributed by atoms with van der Waals surface area (Å²) in [6.07, 6.45) is 0. The zero-order chi connectivity index (χ0) is 10.8. The van der Waals surface area contributed by atoms with Crippen molar-refractivity contribution in [2.24, 2.45) is 0 Å². The van der Waals surface area contributed by atoms with E-state index in [9.17, 15) is 4.79 Å². The topological polar surface area (TPSA) is 17.1 Å². The number of benzene rings is 1. The minimum atomic E-state index is -0.619. The lowest BCUT2D eigenvalue weighted by Crippen LogP contribution is -2.22. The molecule has 0 saturated carbocycles. The Labute approximate surface area is 97.8 Å². The SMILES string of the molecule is CC(C)(Sc1cccc(Cl)c1)C(=O)Cl. The fourth-order valence-electron chi connectivity index (χ4n) is 0.865. The molecular formula is C10H10Cl2OS. The van der Waals surface area contributed by atoms with Crippen LogP contribution in [-0.4, -0.2) is 9.99 Å². The molecule has 1 nitrogen and oxygen atoms in total. The maximum absolute atomic E-state index is 11.1. The number of halogens is 2. The zero-order valence-electron chi connectivity index (χ0n) is 7.88. The molecule has 0 heterocycles. The first kappa shape index (κ1) is 11.9. The largest absolute Gasteiger partial charge is 0.280 e. The monoisotopic (exact) mass is 248 g/mol. The molecule has 1 aromatic rings. The van der Waals surface area contributed by atoms with Crippen molar-refractivity contribution in [3.8, 4) is 0 Å². The van der Waals surface area contributed by atoms with E-state index in [0.29, 0.717) is 5.02 Å². The summed E-state index contributed by atoms with van der Waals surface area (Å²) in [5, 5.41) is 0.301. The van der Waals surface area contributed by atoms with E-state index in [-0.39, 0.29) is 5.24 Å². The standard InChI is InChI=1S/C10H10Cl2OS/c1-10(2,9(12)13)14-8-5-3-4-7(11)6-8/h3-6H,1-2H3. The van der Waals surface area contributed by atoms with E-state index in [1.807, 2.05) is 18.2 Å². The predicted molar refractivity (Wildman–Crippen MR) is 62.2 cm³/mol. The van der Waals surface area contributed by atoms with Gasteiger partial charge in [-0.1, -0.05) is 17.7 Å². The minimum Gasteiger partial charge on any atom is -0.280 e. The van der Waals surface area contributed by atoms with Gasteiger partial charge in [0.2, 0.25) is 5.24 Å². The van der Waals surface area contributed by atoms with Crippen molar-refractivity contribution < 1.29 is 4.79 Å². The van der Waals surface area contributed by atoms with Crippen molar-refractivity contribution in [1.29, 1.82) is 0 Å². The van der Waals surface area contributed by atoms with Crippen molar-refractivity contribution in [3.63, 3.8) is 0 Å². The quantitative estimate of drug-likeness (QED) is 0.595. The molecule has 1 aromatic carbocycles. The summed E-state index contributed by atoms with van der Waals surface area (Å²) < 4.78 is -0.619. The first-order valence-electron chi connectivity index (χ1n) is 4.06. The van der Waals surface area contributed by atoms with Crippen LogP contribution in [-0.2, 0) is 4.79 Å². The number of carbonyl (C=O) groups excluding carboxylic acids is 1. The lowest BCUT2D eigenvalue weighted by molar-refractivity contribution is -0.113. The molecule has 0 spiro atoms. The van der Waals surface area contributed by atoms with Gasteiger partial charge in [0.1, 0.15) is 0 Å². The summed E-state index contributed by atoms with van der Waals surface area (Å²) in [5.74, 6) is 0. The average Bonchev–Trinajstić information content (AvgIpc) is 2.02. The lowest BCUT2D eigenvalue weighted by atomic mass is 10.2. The van der Waals surface area contributed by atoms with Crippen LogP contribution in [0.25, 0.3) is 0 Å². The smallest absolute Gasteiger partial charge is 0.237 e. The Morgan fingerprint density at radius 3 is 2.57 bits per heavy atom. The molecule has 14 heavy (non-hydrogen) atoms. The van der Waals surface area contributed by atoms with Gasteiger partial charge < -0.3 is 0 Å². The molecular weight excluding hydrogens is 239 g/mol. The normalized spacial score (nSPS) is 11.4. The second-order valence-electron chi connectivity index (χ2n) is 3.34. The Hall–Kier alpha value is -0.180. The first-order chi connectivity index (χ1) is 6.42. The average molecular weight is 249 g/mol. The van der Waals surface area contributed by atoms with Gasteiger partial charge in [0.15, 0.2) is 0 Å². The molecule has 0 bridgehead atoms. The highest BCUT2D eigenvalue weighted by atomic mass is 35.5. The van der Waals surface area contributed by atoms with Crippen molar-refractivity contribution in [1.82, 2.24) is 0 Å². The fraction of sp³-hybridized carbons (Fsp3) is 0.300. The number of hydrogen-bond donors (Lipinski definition) is 0. The second kappa shape index (κ2) is 4.56. The highest BCUT2D eigenvalue weighted by Crippen LogP contribution is 2.34. The van der Waals surface area contributed by atoms with Crippen LogP contribution in [0.1, 0.15) is 13.8 Å². The third-order valence-corrected chi connectivity index (χ3v) is 3.65. The summed E-state index contributed by atoms with van der Waals surface area (Å²) >= 11 is 12.7. The Bertz CT molecular complexity index is 350. The van der Waals surface area contributed by atoms with Crippen LogP contribution in [0.15, 0.2) is 29.2 Å². The van der Waals surface area contributed by atoms with Crippen LogP contribution in [0.4, 0.5) is 0 Å². The maximum atomic E-state index is 11.1. The Morgan fingerprint density at radius 1 is 1.43 bits per heavy atom. The third kappa shape index (κ3) is 3.19. The van der Waals surface area contributed by atoms with Crippen molar-refractivity contribution in [3.05, 3.63) is 29.3 Å². The molecule has 0 radical (unpaired) electrons. The summed E-state index contributed by atoms with van der Waals surface area (Å²) in [4.78, 5) is 12.0. The molecule has 4 heteroatoms. The van der Waals surface area contributed by atoms with E-state index >= 15 is 0 Å². The predicted octanol–water partition coefficient (Wildman–Crippen LogP) is 3.98. The third-order valence-electron chi connectivity index (χ3n) is 1.64. The van der Waals surface area contributed by atoms with E-state index in [1.54, 1.807) is 19.9 Å². The van der Waals surface area contributed by atoms with Gasteiger partial charge in [0.05, 0.1) is 4.75 Å².